The van der Waals surface area contributed by atoms with Gasteiger partial charge in [0.2, 0.25) is 10.0 Å². The number of benzene rings is 1. The predicted molar refractivity (Wildman–Crippen MR) is 81.0 cm³/mol. The van der Waals surface area contributed by atoms with Gasteiger partial charge in [-0.1, -0.05) is 6.07 Å². The van der Waals surface area contributed by atoms with Crippen LogP contribution in [-0.2, 0) is 16.4 Å². The Morgan fingerprint density at radius 1 is 1.19 bits per heavy atom. The average molecular weight is 309 g/mol. The SMILES string of the molecule is CS(=O)(=O)N1CCN(C(=O)c2ccc3c(c2)NCC3)CC1. The molecule has 0 aliphatic carbocycles. The van der Waals surface area contributed by atoms with Gasteiger partial charge in [0.05, 0.1) is 6.26 Å². The van der Waals surface area contributed by atoms with Gasteiger partial charge < -0.3 is 10.2 Å². The number of carbonyl (C=O) groups excluding carboxylic acids is 1. The van der Waals surface area contributed by atoms with Gasteiger partial charge in [-0.15, -0.1) is 0 Å². The minimum Gasteiger partial charge on any atom is -0.384 e. The Kier molecular flexibility index (Phi) is 3.62. The fourth-order valence-corrected chi connectivity index (χ4v) is 3.66. The number of rotatable bonds is 2. The number of amides is 1. The predicted octanol–water partition coefficient (Wildman–Crippen LogP) is 0.372. The molecule has 3 rings (SSSR count). The van der Waals surface area contributed by atoms with E-state index in [1.165, 1.54) is 16.1 Å². The second-order valence-corrected chi connectivity index (χ2v) is 7.49. The number of fused-ring (bicyclic) bond motifs is 1. The highest BCUT2D eigenvalue weighted by molar-refractivity contribution is 7.88. The van der Waals surface area contributed by atoms with Crippen LogP contribution in [0.4, 0.5) is 5.69 Å². The molecule has 1 saturated heterocycles. The zero-order chi connectivity index (χ0) is 15.0. The standard InChI is InChI=1S/C14H19N3O3S/c1-21(19,20)17-8-6-16(7-9-17)14(18)12-3-2-11-4-5-15-13(11)10-12/h2-3,10,15H,4-9H2,1H3. The summed E-state index contributed by atoms with van der Waals surface area (Å²) in [6, 6.07) is 5.75. The molecule has 1 aromatic rings. The second-order valence-electron chi connectivity index (χ2n) is 5.50. The van der Waals surface area contributed by atoms with Gasteiger partial charge in [0, 0.05) is 44.0 Å². The Bertz CT molecular complexity index is 664. The fraction of sp³-hybridized carbons (Fsp3) is 0.500. The second kappa shape index (κ2) is 5.31. The number of sulfonamides is 1. The molecule has 1 amide bonds. The van der Waals surface area contributed by atoms with E-state index in [-0.39, 0.29) is 5.91 Å². The quantitative estimate of drug-likeness (QED) is 0.857. The number of nitrogens with one attached hydrogen (secondary N) is 1. The monoisotopic (exact) mass is 309 g/mol. The normalized spacial score (nSPS) is 19.2. The smallest absolute Gasteiger partial charge is 0.254 e. The van der Waals surface area contributed by atoms with Crippen LogP contribution in [0.1, 0.15) is 15.9 Å². The Hall–Kier alpha value is -1.60. The zero-order valence-electron chi connectivity index (χ0n) is 12.0. The molecular formula is C14H19N3O3S. The van der Waals surface area contributed by atoms with Crippen LogP contribution in [0.5, 0.6) is 0 Å². The number of hydrogen-bond acceptors (Lipinski definition) is 4. The van der Waals surface area contributed by atoms with Crippen LogP contribution in [0, 0.1) is 0 Å². The highest BCUT2D eigenvalue weighted by Crippen LogP contribution is 2.24. The molecule has 7 heteroatoms. The van der Waals surface area contributed by atoms with E-state index in [1.54, 1.807) is 4.90 Å². The van der Waals surface area contributed by atoms with Gasteiger partial charge in [-0.2, -0.15) is 4.31 Å². The third kappa shape index (κ3) is 2.89. The third-order valence-electron chi connectivity index (χ3n) is 4.06. The van der Waals surface area contributed by atoms with Crippen molar-refractivity contribution in [2.45, 2.75) is 6.42 Å². The molecule has 0 aromatic heterocycles. The van der Waals surface area contributed by atoms with Crippen molar-refractivity contribution in [3.63, 3.8) is 0 Å². The Labute approximate surface area is 124 Å². The maximum Gasteiger partial charge on any atom is 0.254 e. The van der Waals surface area contributed by atoms with E-state index in [9.17, 15) is 13.2 Å². The lowest BCUT2D eigenvalue weighted by molar-refractivity contribution is 0.0698. The van der Waals surface area contributed by atoms with Crippen molar-refractivity contribution in [3.05, 3.63) is 29.3 Å². The first-order valence-electron chi connectivity index (χ1n) is 7.06. The van der Waals surface area contributed by atoms with Crippen molar-refractivity contribution in [2.24, 2.45) is 0 Å². The third-order valence-corrected chi connectivity index (χ3v) is 5.36. The molecule has 114 valence electrons. The molecule has 0 atom stereocenters. The molecule has 2 aliphatic rings. The molecule has 2 aliphatic heterocycles. The number of carbonyl (C=O) groups is 1. The summed E-state index contributed by atoms with van der Waals surface area (Å²) in [5, 5.41) is 3.27. The first kappa shape index (κ1) is 14.3. The van der Waals surface area contributed by atoms with Crippen molar-refractivity contribution in [1.29, 1.82) is 0 Å². The molecule has 6 nitrogen and oxygen atoms in total. The molecule has 2 heterocycles. The van der Waals surface area contributed by atoms with Gasteiger partial charge >= 0.3 is 0 Å². The highest BCUT2D eigenvalue weighted by Gasteiger charge is 2.27. The maximum atomic E-state index is 12.5. The van der Waals surface area contributed by atoms with E-state index in [0.29, 0.717) is 31.7 Å². The molecule has 1 fully saturated rings. The van der Waals surface area contributed by atoms with Crippen LogP contribution in [0.25, 0.3) is 0 Å². The number of anilines is 1. The highest BCUT2D eigenvalue weighted by atomic mass is 32.2. The van der Waals surface area contributed by atoms with Crippen LogP contribution in [-0.4, -0.2) is 62.5 Å². The van der Waals surface area contributed by atoms with E-state index in [2.05, 4.69) is 5.32 Å². The lowest BCUT2D eigenvalue weighted by Gasteiger charge is -2.33. The molecule has 1 aromatic carbocycles. The largest absolute Gasteiger partial charge is 0.384 e. The maximum absolute atomic E-state index is 12.5. The molecule has 0 saturated carbocycles. The Balaban J connectivity index is 1.70. The van der Waals surface area contributed by atoms with Crippen LogP contribution in [0.3, 0.4) is 0 Å². The molecule has 1 N–H and O–H groups in total. The van der Waals surface area contributed by atoms with Gasteiger partial charge in [-0.05, 0) is 24.1 Å². The van der Waals surface area contributed by atoms with Gasteiger partial charge in [0.1, 0.15) is 0 Å². The molecule has 0 bridgehead atoms. The minimum absolute atomic E-state index is 0.0281. The fourth-order valence-electron chi connectivity index (χ4n) is 2.83. The Morgan fingerprint density at radius 3 is 2.57 bits per heavy atom. The van der Waals surface area contributed by atoms with Gasteiger partial charge in [-0.3, -0.25) is 4.79 Å². The molecule has 0 spiro atoms. The number of hydrogen-bond donors (Lipinski definition) is 1. The number of nitrogens with zero attached hydrogens (tertiary/aromatic N) is 2. The molecule has 0 unspecified atom stereocenters. The number of piperazine rings is 1. The van der Waals surface area contributed by atoms with Crippen molar-refractivity contribution >= 4 is 21.6 Å². The summed E-state index contributed by atoms with van der Waals surface area (Å²) in [4.78, 5) is 14.2. The van der Waals surface area contributed by atoms with Gasteiger partial charge in [0.25, 0.3) is 5.91 Å². The van der Waals surface area contributed by atoms with Crippen molar-refractivity contribution in [3.8, 4) is 0 Å². The zero-order valence-corrected chi connectivity index (χ0v) is 12.8. The van der Waals surface area contributed by atoms with Gasteiger partial charge in [0.15, 0.2) is 0 Å². The summed E-state index contributed by atoms with van der Waals surface area (Å²) in [5.74, 6) is -0.0281. The first-order chi connectivity index (χ1) is 9.95. The summed E-state index contributed by atoms with van der Waals surface area (Å²) >= 11 is 0. The van der Waals surface area contributed by atoms with E-state index in [1.807, 2.05) is 18.2 Å². The summed E-state index contributed by atoms with van der Waals surface area (Å²) in [5.41, 5.74) is 2.94. The van der Waals surface area contributed by atoms with E-state index < -0.39 is 10.0 Å². The minimum atomic E-state index is -3.16. The van der Waals surface area contributed by atoms with Crippen LogP contribution in [0.2, 0.25) is 0 Å². The van der Waals surface area contributed by atoms with E-state index in [4.69, 9.17) is 0 Å². The van der Waals surface area contributed by atoms with Crippen LogP contribution in [0.15, 0.2) is 18.2 Å². The summed E-state index contributed by atoms with van der Waals surface area (Å²) in [6.45, 7) is 2.54. The lowest BCUT2D eigenvalue weighted by Crippen LogP contribution is -2.50. The summed E-state index contributed by atoms with van der Waals surface area (Å²) in [7, 11) is -3.16. The van der Waals surface area contributed by atoms with Crippen LogP contribution < -0.4 is 5.32 Å². The van der Waals surface area contributed by atoms with Crippen molar-refractivity contribution < 1.29 is 13.2 Å². The molecular weight excluding hydrogens is 290 g/mol. The van der Waals surface area contributed by atoms with E-state index >= 15 is 0 Å². The Morgan fingerprint density at radius 2 is 1.90 bits per heavy atom. The van der Waals surface area contributed by atoms with Gasteiger partial charge in [-0.25, -0.2) is 8.42 Å². The summed E-state index contributed by atoms with van der Waals surface area (Å²) in [6.07, 6.45) is 2.20. The van der Waals surface area contributed by atoms with Crippen molar-refractivity contribution in [1.82, 2.24) is 9.21 Å². The van der Waals surface area contributed by atoms with E-state index in [0.717, 1.165) is 18.7 Å². The lowest BCUT2D eigenvalue weighted by atomic mass is 10.1. The van der Waals surface area contributed by atoms with Crippen molar-refractivity contribution in [2.75, 3.05) is 44.3 Å². The topological polar surface area (TPSA) is 69.7 Å². The molecule has 21 heavy (non-hydrogen) atoms. The van der Waals surface area contributed by atoms with Crippen LogP contribution >= 0.6 is 0 Å². The summed E-state index contributed by atoms with van der Waals surface area (Å²) < 4.78 is 24.4. The molecule has 0 radical (unpaired) electrons. The average Bonchev–Trinajstić information content (AvgIpc) is 2.93. The first-order valence-corrected chi connectivity index (χ1v) is 8.91.